The zero-order valence-corrected chi connectivity index (χ0v) is 12.3. The number of aromatic nitrogens is 2. The van der Waals surface area contributed by atoms with Crippen molar-refractivity contribution in [2.24, 2.45) is 0 Å². The molecule has 10 heteroatoms. The highest BCUT2D eigenvalue weighted by Crippen LogP contribution is 2.35. The summed E-state index contributed by atoms with van der Waals surface area (Å²) in [5.41, 5.74) is 4.38. The fraction of sp³-hybridized carbons (Fsp3) is 0.133. The highest BCUT2D eigenvalue weighted by atomic mass is 19.4. The summed E-state index contributed by atoms with van der Waals surface area (Å²) in [6.07, 6.45) is -8.46. The number of fused-ring (bicyclic) bond motifs is 1. The van der Waals surface area contributed by atoms with Gasteiger partial charge in [0.1, 0.15) is 5.82 Å². The van der Waals surface area contributed by atoms with Crippen molar-refractivity contribution in [2.75, 3.05) is 11.1 Å². The van der Waals surface area contributed by atoms with Gasteiger partial charge in [0.05, 0.1) is 11.3 Å². The molecule has 3 N–H and O–H groups in total. The van der Waals surface area contributed by atoms with Gasteiger partial charge in [-0.05, 0) is 24.3 Å². The van der Waals surface area contributed by atoms with Crippen molar-refractivity contribution in [3.63, 3.8) is 0 Å². The average molecular weight is 360 g/mol. The van der Waals surface area contributed by atoms with E-state index in [9.17, 15) is 26.3 Å². The quantitative estimate of drug-likeness (QED) is 0.642. The first-order valence-corrected chi connectivity index (χ1v) is 6.85. The van der Waals surface area contributed by atoms with Crippen molar-refractivity contribution in [1.29, 1.82) is 0 Å². The van der Waals surface area contributed by atoms with Crippen LogP contribution in [-0.2, 0) is 12.5 Å². The molecule has 0 saturated carbocycles. The molecule has 0 radical (unpaired) electrons. The Hall–Kier alpha value is -2.91. The number of nitrogens with one attached hydrogen (secondary N) is 1. The lowest BCUT2D eigenvalue weighted by atomic mass is 10.2. The van der Waals surface area contributed by atoms with Gasteiger partial charge in [-0.3, -0.25) is 0 Å². The summed E-state index contributed by atoms with van der Waals surface area (Å²) in [4.78, 5) is 3.66. The molecule has 0 bridgehead atoms. The van der Waals surface area contributed by atoms with Crippen molar-refractivity contribution in [3.8, 4) is 0 Å². The molecular formula is C15H10F6N4. The maximum absolute atomic E-state index is 13.0. The molecule has 0 aliphatic rings. The van der Waals surface area contributed by atoms with E-state index in [1.807, 2.05) is 0 Å². The maximum Gasteiger partial charge on any atom is 0.490 e. The van der Waals surface area contributed by atoms with Crippen LogP contribution in [0.4, 0.5) is 43.5 Å². The van der Waals surface area contributed by atoms with Gasteiger partial charge in [0.25, 0.3) is 0 Å². The summed E-state index contributed by atoms with van der Waals surface area (Å²) >= 11 is 0. The molecule has 2 aromatic heterocycles. The lowest BCUT2D eigenvalue weighted by molar-refractivity contribution is -0.201. The number of nitrogen functional groups attached to an aromatic ring is 1. The Morgan fingerprint density at radius 2 is 1.72 bits per heavy atom. The number of alkyl halides is 6. The monoisotopic (exact) mass is 360 g/mol. The number of nitrogens with zero attached hydrogens (tertiary/aromatic N) is 2. The molecule has 1 aromatic carbocycles. The fourth-order valence-electron chi connectivity index (χ4n) is 2.37. The van der Waals surface area contributed by atoms with Crippen molar-refractivity contribution in [2.45, 2.75) is 12.5 Å². The van der Waals surface area contributed by atoms with Crippen LogP contribution in [0.15, 0.2) is 42.6 Å². The van der Waals surface area contributed by atoms with E-state index >= 15 is 0 Å². The largest absolute Gasteiger partial charge is 0.490 e. The van der Waals surface area contributed by atoms with Crippen molar-refractivity contribution >= 4 is 28.2 Å². The number of halogens is 6. The van der Waals surface area contributed by atoms with Crippen LogP contribution in [0.1, 0.15) is 5.56 Å². The predicted molar refractivity (Wildman–Crippen MR) is 80.2 cm³/mol. The number of benzene rings is 1. The first-order chi connectivity index (χ1) is 11.6. The SMILES string of the molecule is Nc1cc(Nc2cccc(C(F)(F)F)c2)c2ccn(C(F)(F)F)c2n1. The minimum atomic E-state index is -4.70. The van der Waals surface area contributed by atoms with Crippen LogP contribution in [0, 0.1) is 0 Å². The first-order valence-electron chi connectivity index (χ1n) is 6.85. The highest BCUT2D eigenvalue weighted by Gasteiger charge is 2.33. The molecule has 0 aliphatic carbocycles. The minimum absolute atomic E-state index is 0.0178. The highest BCUT2D eigenvalue weighted by molar-refractivity contribution is 5.93. The predicted octanol–water partition coefficient (Wildman–Crippen LogP) is 4.86. The van der Waals surface area contributed by atoms with E-state index < -0.39 is 23.7 Å². The summed E-state index contributed by atoms with van der Waals surface area (Å²) in [6.45, 7) is 0. The number of hydrogen-bond acceptors (Lipinski definition) is 3. The van der Waals surface area contributed by atoms with Gasteiger partial charge in [-0.15, -0.1) is 13.2 Å². The van der Waals surface area contributed by atoms with Crippen LogP contribution >= 0.6 is 0 Å². The standard InChI is InChI=1S/C15H10F6N4/c16-14(17,18)8-2-1-3-9(6-8)23-11-7-12(22)24-13-10(11)4-5-25(13)15(19,20)21/h1-7H,(H3,22,23,24). The topological polar surface area (TPSA) is 55.9 Å². The number of pyridine rings is 1. The van der Waals surface area contributed by atoms with E-state index in [1.54, 1.807) is 0 Å². The zero-order valence-electron chi connectivity index (χ0n) is 12.3. The molecule has 0 amide bonds. The Morgan fingerprint density at radius 1 is 1.00 bits per heavy atom. The molecular weight excluding hydrogens is 350 g/mol. The molecule has 0 aliphatic heterocycles. The third kappa shape index (κ3) is 3.32. The van der Waals surface area contributed by atoms with E-state index in [1.165, 1.54) is 18.2 Å². The molecule has 25 heavy (non-hydrogen) atoms. The lowest BCUT2D eigenvalue weighted by Gasteiger charge is -2.13. The molecule has 0 spiro atoms. The number of rotatable bonds is 2. The van der Waals surface area contributed by atoms with Crippen LogP contribution in [0.3, 0.4) is 0 Å². The smallest absolute Gasteiger partial charge is 0.384 e. The minimum Gasteiger partial charge on any atom is -0.384 e. The third-order valence-corrected chi connectivity index (χ3v) is 3.42. The normalized spacial score (nSPS) is 12.6. The van der Waals surface area contributed by atoms with Gasteiger partial charge in [-0.25, -0.2) is 9.55 Å². The molecule has 132 valence electrons. The lowest BCUT2D eigenvalue weighted by Crippen LogP contribution is -2.16. The Kier molecular flexibility index (Phi) is 3.77. The molecule has 0 saturated heterocycles. The van der Waals surface area contributed by atoms with E-state index in [0.717, 1.165) is 24.4 Å². The van der Waals surface area contributed by atoms with E-state index in [-0.39, 0.29) is 27.1 Å². The fourth-order valence-corrected chi connectivity index (χ4v) is 2.37. The van der Waals surface area contributed by atoms with Gasteiger partial charge in [-0.1, -0.05) is 6.07 Å². The first kappa shape index (κ1) is 16.9. The summed E-state index contributed by atoms with van der Waals surface area (Å²) in [7, 11) is 0. The molecule has 0 unspecified atom stereocenters. The van der Waals surface area contributed by atoms with Crippen LogP contribution < -0.4 is 11.1 Å². The number of anilines is 3. The molecule has 0 atom stereocenters. The summed E-state index contributed by atoms with van der Waals surface area (Å²) in [5.74, 6) is -0.203. The summed E-state index contributed by atoms with van der Waals surface area (Å²) in [5, 5.41) is 2.74. The second-order valence-corrected chi connectivity index (χ2v) is 5.19. The van der Waals surface area contributed by atoms with Crippen LogP contribution in [0.2, 0.25) is 0 Å². The van der Waals surface area contributed by atoms with E-state index in [4.69, 9.17) is 5.73 Å². The summed E-state index contributed by atoms with van der Waals surface area (Å²) < 4.78 is 77.2. The molecule has 2 heterocycles. The van der Waals surface area contributed by atoms with Gasteiger partial charge in [-0.2, -0.15) is 13.2 Å². The van der Waals surface area contributed by atoms with E-state index in [2.05, 4.69) is 10.3 Å². The van der Waals surface area contributed by atoms with Gasteiger partial charge in [0, 0.05) is 23.3 Å². The number of hydrogen-bond donors (Lipinski definition) is 2. The Labute approximate surface area is 136 Å². The van der Waals surface area contributed by atoms with Gasteiger partial charge < -0.3 is 11.1 Å². The van der Waals surface area contributed by atoms with Crippen molar-refractivity contribution < 1.29 is 26.3 Å². The van der Waals surface area contributed by atoms with Gasteiger partial charge in [0.2, 0.25) is 0 Å². The average Bonchev–Trinajstić information content (AvgIpc) is 2.90. The number of nitrogens with two attached hydrogens (primary N) is 1. The Morgan fingerprint density at radius 3 is 2.36 bits per heavy atom. The molecule has 3 rings (SSSR count). The van der Waals surface area contributed by atoms with E-state index in [0.29, 0.717) is 0 Å². The van der Waals surface area contributed by atoms with Crippen LogP contribution in [0.5, 0.6) is 0 Å². The van der Waals surface area contributed by atoms with Gasteiger partial charge >= 0.3 is 12.5 Å². The van der Waals surface area contributed by atoms with Crippen molar-refractivity contribution in [1.82, 2.24) is 9.55 Å². The molecule has 3 aromatic rings. The summed E-state index contributed by atoms with van der Waals surface area (Å²) in [6, 6.07) is 6.70. The van der Waals surface area contributed by atoms with Crippen LogP contribution in [-0.4, -0.2) is 9.55 Å². The second-order valence-electron chi connectivity index (χ2n) is 5.19. The van der Waals surface area contributed by atoms with Gasteiger partial charge in [0.15, 0.2) is 5.65 Å². The maximum atomic E-state index is 13.0. The molecule has 0 fully saturated rings. The zero-order chi connectivity index (χ0) is 18.4. The Balaban J connectivity index is 2.07. The Bertz CT molecular complexity index is 926. The van der Waals surface area contributed by atoms with Crippen LogP contribution in [0.25, 0.3) is 11.0 Å². The third-order valence-electron chi connectivity index (χ3n) is 3.42. The molecule has 4 nitrogen and oxygen atoms in total. The van der Waals surface area contributed by atoms with Crippen molar-refractivity contribution in [3.05, 3.63) is 48.2 Å². The second kappa shape index (κ2) is 5.57.